The normalized spacial score (nSPS) is 36.5. The van der Waals surface area contributed by atoms with Crippen LogP contribution in [0.15, 0.2) is 34.9 Å². The third-order valence-electron chi connectivity index (χ3n) is 4.45. The summed E-state index contributed by atoms with van der Waals surface area (Å²) < 4.78 is 5.33. The summed E-state index contributed by atoms with van der Waals surface area (Å²) in [6.07, 6.45) is 0.265. The van der Waals surface area contributed by atoms with Gasteiger partial charge in [-0.15, -0.1) is 0 Å². The average molecular weight is 276 g/mol. The first-order valence-corrected chi connectivity index (χ1v) is 6.58. The molecule has 0 spiro atoms. The van der Waals surface area contributed by atoms with Crippen molar-refractivity contribution in [2.24, 2.45) is 11.8 Å². The summed E-state index contributed by atoms with van der Waals surface area (Å²) in [6, 6.07) is 0. The zero-order valence-corrected chi connectivity index (χ0v) is 11.1. The number of rotatable bonds is 1. The number of aliphatic hydroxyl groups is 2. The van der Waals surface area contributed by atoms with Crippen molar-refractivity contribution >= 4 is 11.8 Å². The molecule has 20 heavy (non-hydrogen) atoms. The van der Waals surface area contributed by atoms with Crippen molar-refractivity contribution in [2.75, 3.05) is 6.61 Å². The number of fused-ring (bicyclic) bond motifs is 3. The molecule has 1 heterocycles. The molecule has 4 atom stereocenters. The van der Waals surface area contributed by atoms with Crippen LogP contribution in [-0.4, -0.2) is 40.8 Å². The first kappa shape index (κ1) is 13.3. The van der Waals surface area contributed by atoms with Gasteiger partial charge in [0.1, 0.15) is 6.10 Å². The largest absolute Gasteiger partial charge is 0.457 e. The molecule has 0 aromatic carbocycles. The van der Waals surface area contributed by atoms with Crippen molar-refractivity contribution in [2.45, 2.75) is 25.6 Å². The molecule has 0 saturated carbocycles. The van der Waals surface area contributed by atoms with Crippen molar-refractivity contribution in [3.8, 4) is 0 Å². The molecule has 3 rings (SSSR count). The fourth-order valence-electron chi connectivity index (χ4n) is 3.55. The molecule has 0 bridgehead atoms. The molecular formula is C15H16O5. The number of carbonyl (C=O) groups excluding carboxylic acids is 2. The van der Waals surface area contributed by atoms with Gasteiger partial charge in [-0.05, 0) is 25.0 Å². The Balaban J connectivity index is 2.13. The van der Waals surface area contributed by atoms with Crippen LogP contribution in [0.1, 0.15) is 13.3 Å². The number of esters is 1. The van der Waals surface area contributed by atoms with Gasteiger partial charge in [-0.2, -0.15) is 0 Å². The van der Waals surface area contributed by atoms with Gasteiger partial charge in [-0.1, -0.05) is 12.2 Å². The van der Waals surface area contributed by atoms with Crippen LogP contribution in [0.5, 0.6) is 0 Å². The van der Waals surface area contributed by atoms with Gasteiger partial charge in [0, 0.05) is 17.1 Å². The van der Waals surface area contributed by atoms with Crippen molar-refractivity contribution in [3.05, 3.63) is 34.9 Å². The van der Waals surface area contributed by atoms with E-state index in [-0.39, 0.29) is 18.0 Å². The summed E-state index contributed by atoms with van der Waals surface area (Å²) in [5.74, 6) is -1.69. The fourth-order valence-corrected chi connectivity index (χ4v) is 3.55. The number of hydrogen-bond donors (Lipinski definition) is 2. The van der Waals surface area contributed by atoms with Gasteiger partial charge in [0.05, 0.1) is 18.6 Å². The quantitative estimate of drug-likeness (QED) is 0.531. The summed E-state index contributed by atoms with van der Waals surface area (Å²) in [5.41, 5.74) is 2.11. The van der Waals surface area contributed by atoms with Crippen LogP contribution in [0, 0.1) is 11.8 Å². The topological polar surface area (TPSA) is 83.8 Å². The highest BCUT2D eigenvalue weighted by Crippen LogP contribution is 2.47. The minimum atomic E-state index is -0.801. The van der Waals surface area contributed by atoms with Gasteiger partial charge in [-0.25, -0.2) is 4.79 Å². The molecule has 0 amide bonds. The van der Waals surface area contributed by atoms with Crippen molar-refractivity contribution in [3.63, 3.8) is 0 Å². The number of aliphatic hydroxyl groups excluding tert-OH is 2. The Labute approximate surface area is 116 Å². The molecule has 2 N–H and O–H groups in total. The molecule has 106 valence electrons. The number of hydrogen-bond acceptors (Lipinski definition) is 5. The maximum atomic E-state index is 12.1. The minimum absolute atomic E-state index is 0.169. The van der Waals surface area contributed by atoms with E-state index in [1.54, 1.807) is 6.92 Å². The highest BCUT2D eigenvalue weighted by molar-refractivity contribution is 6.09. The van der Waals surface area contributed by atoms with Gasteiger partial charge in [0.15, 0.2) is 5.78 Å². The number of ketones is 1. The van der Waals surface area contributed by atoms with Crippen molar-refractivity contribution in [1.82, 2.24) is 0 Å². The molecule has 1 fully saturated rings. The SMILES string of the molecule is C=C1C(=O)O[C@@H]2[C@@H]3C(CO)=CC(=O)C3=C(C)C[C@H](O)[C@@H]12. The van der Waals surface area contributed by atoms with E-state index in [9.17, 15) is 19.8 Å². The predicted octanol–water partition coefficient (Wildman–Crippen LogP) is 0.283. The lowest BCUT2D eigenvalue weighted by atomic mass is 9.82. The third-order valence-corrected chi connectivity index (χ3v) is 4.45. The van der Waals surface area contributed by atoms with E-state index < -0.39 is 30.0 Å². The molecule has 3 aliphatic rings. The van der Waals surface area contributed by atoms with E-state index in [2.05, 4.69) is 6.58 Å². The van der Waals surface area contributed by atoms with Gasteiger partial charge in [0.2, 0.25) is 0 Å². The van der Waals surface area contributed by atoms with Crippen molar-refractivity contribution < 1.29 is 24.5 Å². The van der Waals surface area contributed by atoms with Crippen molar-refractivity contribution in [1.29, 1.82) is 0 Å². The Bertz CT molecular complexity index is 583. The third kappa shape index (κ3) is 1.63. The monoisotopic (exact) mass is 276 g/mol. The first-order valence-electron chi connectivity index (χ1n) is 6.58. The standard InChI is InChI=1S/C15H16O5/c1-6-3-9(17)12-7(2)15(19)20-14(12)13-8(5-16)4-10(18)11(6)13/h4,9,12-14,16-17H,2-3,5H2,1H3/t9-,12+,13+,14-/m0/s1. The molecule has 5 heteroatoms. The van der Waals surface area contributed by atoms with E-state index in [1.165, 1.54) is 6.08 Å². The minimum Gasteiger partial charge on any atom is -0.457 e. The summed E-state index contributed by atoms with van der Waals surface area (Å²) in [4.78, 5) is 23.8. The zero-order valence-electron chi connectivity index (χ0n) is 11.1. The lowest BCUT2D eigenvalue weighted by Gasteiger charge is -2.25. The predicted molar refractivity (Wildman–Crippen MR) is 69.5 cm³/mol. The zero-order chi connectivity index (χ0) is 14.6. The van der Waals surface area contributed by atoms with Crippen LogP contribution in [0.2, 0.25) is 0 Å². The Morgan fingerprint density at radius 3 is 2.80 bits per heavy atom. The van der Waals surface area contributed by atoms with Gasteiger partial charge in [0.25, 0.3) is 0 Å². The molecule has 0 aromatic heterocycles. The molecular weight excluding hydrogens is 260 g/mol. The highest BCUT2D eigenvalue weighted by atomic mass is 16.6. The summed E-state index contributed by atoms with van der Waals surface area (Å²) >= 11 is 0. The fraction of sp³-hybridized carbons (Fsp3) is 0.467. The maximum Gasteiger partial charge on any atom is 0.334 e. The van der Waals surface area contributed by atoms with Crippen LogP contribution in [0.3, 0.4) is 0 Å². The molecule has 2 aliphatic carbocycles. The maximum absolute atomic E-state index is 12.1. The molecule has 1 saturated heterocycles. The second-order valence-electron chi connectivity index (χ2n) is 5.61. The Kier molecular flexibility index (Phi) is 2.92. The Morgan fingerprint density at radius 2 is 2.15 bits per heavy atom. The van der Waals surface area contributed by atoms with Crippen LogP contribution in [-0.2, 0) is 14.3 Å². The number of allylic oxidation sites excluding steroid dienone is 1. The van der Waals surface area contributed by atoms with Gasteiger partial charge < -0.3 is 14.9 Å². The second-order valence-corrected chi connectivity index (χ2v) is 5.61. The lowest BCUT2D eigenvalue weighted by Crippen LogP contribution is -2.34. The van der Waals surface area contributed by atoms with Crippen LogP contribution < -0.4 is 0 Å². The molecule has 0 radical (unpaired) electrons. The van der Waals surface area contributed by atoms with E-state index in [0.29, 0.717) is 17.6 Å². The van der Waals surface area contributed by atoms with E-state index in [1.807, 2.05) is 0 Å². The number of carbonyl (C=O) groups is 2. The molecule has 1 aliphatic heterocycles. The highest BCUT2D eigenvalue weighted by Gasteiger charge is 2.52. The smallest absolute Gasteiger partial charge is 0.334 e. The Hall–Kier alpha value is -1.72. The lowest BCUT2D eigenvalue weighted by molar-refractivity contribution is -0.140. The summed E-state index contributed by atoms with van der Waals surface area (Å²) in [7, 11) is 0. The van der Waals surface area contributed by atoms with Gasteiger partial charge >= 0.3 is 5.97 Å². The second kappa shape index (κ2) is 4.40. The Morgan fingerprint density at radius 1 is 1.45 bits per heavy atom. The molecule has 5 nitrogen and oxygen atoms in total. The average Bonchev–Trinajstić information content (AvgIpc) is 2.83. The summed E-state index contributed by atoms with van der Waals surface area (Å²) in [6.45, 7) is 5.23. The van der Waals surface area contributed by atoms with E-state index in [0.717, 1.165) is 5.57 Å². The number of ether oxygens (including phenoxy) is 1. The summed E-state index contributed by atoms with van der Waals surface area (Å²) in [5, 5.41) is 19.7. The van der Waals surface area contributed by atoms with Gasteiger partial charge in [-0.3, -0.25) is 4.79 Å². The van der Waals surface area contributed by atoms with Crippen LogP contribution >= 0.6 is 0 Å². The van der Waals surface area contributed by atoms with E-state index >= 15 is 0 Å². The van der Waals surface area contributed by atoms with Crippen LogP contribution in [0.4, 0.5) is 0 Å². The molecule has 0 unspecified atom stereocenters. The van der Waals surface area contributed by atoms with E-state index in [4.69, 9.17) is 4.74 Å². The molecule has 0 aromatic rings. The first-order chi connectivity index (χ1) is 9.45. The van der Waals surface area contributed by atoms with Crippen LogP contribution in [0.25, 0.3) is 0 Å².